The number of nitrogens with zero attached hydrogens (tertiary/aromatic N) is 2. The highest BCUT2D eigenvalue weighted by atomic mass is 32.1. The quantitative estimate of drug-likeness (QED) is 0.937. The normalized spacial score (nSPS) is 18.5. The van der Waals surface area contributed by atoms with Crippen LogP contribution in [0.1, 0.15) is 37.1 Å². The maximum Gasteiger partial charge on any atom is 0.223 e. The summed E-state index contributed by atoms with van der Waals surface area (Å²) in [5, 5.41) is 5.32. The number of aromatic nitrogens is 1. The van der Waals surface area contributed by atoms with Crippen LogP contribution in [0, 0.1) is 5.82 Å². The van der Waals surface area contributed by atoms with Gasteiger partial charge >= 0.3 is 0 Å². The van der Waals surface area contributed by atoms with E-state index in [1.807, 2.05) is 17.5 Å². The van der Waals surface area contributed by atoms with E-state index in [1.54, 1.807) is 0 Å². The molecule has 22 heavy (non-hydrogen) atoms. The molecule has 4 nitrogen and oxygen atoms in total. The van der Waals surface area contributed by atoms with Crippen LogP contribution >= 0.6 is 11.3 Å². The maximum atomic E-state index is 13.1. The molecular formula is C16H18FN3OS. The zero-order valence-electron chi connectivity index (χ0n) is 12.4. The third-order valence-electron chi connectivity index (χ3n) is 3.82. The summed E-state index contributed by atoms with van der Waals surface area (Å²) < 4.78 is 13.1. The fourth-order valence-corrected chi connectivity index (χ4v) is 3.62. The number of halogens is 1. The van der Waals surface area contributed by atoms with Gasteiger partial charge in [0, 0.05) is 24.9 Å². The van der Waals surface area contributed by atoms with Crippen molar-refractivity contribution in [1.29, 1.82) is 0 Å². The molecule has 6 heteroatoms. The second-order valence-corrected chi connectivity index (χ2v) is 6.36. The largest absolute Gasteiger partial charge is 0.302 e. The number of rotatable bonds is 4. The van der Waals surface area contributed by atoms with Gasteiger partial charge in [0.1, 0.15) is 5.82 Å². The Hall–Kier alpha value is -1.79. The Balaban J connectivity index is 1.69. The van der Waals surface area contributed by atoms with Gasteiger partial charge in [-0.05, 0) is 37.1 Å². The van der Waals surface area contributed by atoms with Crippen LogP contribution < -0.4 is 5.32 Å². The van der Waals surface area contributed by atoms with Gasteiger partial charge in [-0.15, -0.1) is 11.3 Å². The highest BCUT2D eigenvalue weighted by Gasteiger charge is 2.26. The number of nitrogens with one attached hydrogen (secondary N) is 1. The summed E-state index contributed by atoms with van der Waals surface area (Å²) in [5.74, 6) is -0.306. The van der Waals surface area contributed by atoms with Crippen molar-refractivity contribution in [3.63, 3.8) is 0 Å². The molecule has 1 fully saturated rings. The molecule has 1 saturated heterocycles. The van der Waals surface area contributed by atoms with Gasteiger partial charge in [0.05, 0.1) is 5.69 Å². The summed E-state index contributed by atoms with van der Waals surface area (Å²) in [6, 6.07) is 7.07. The lowest BCUT2D eigenvalue weighted by Gasteiger charge is -2.24. The molecule has 1 aliphatic rings. The average Bonchev–Trinajstić information content (AvgIpc) is 3.09. The van der Waals surface area contributed by atoms with E-state index in [0.29, 0.717) is 11.2 Å². The molecule has 1 N–H and O–H groups in total. The number of hydrogen-bond acceptors (Lipinski definition) is 4. The highest BCUT2D eigenvalue weighted by molar-refractivity contribution is 7.13. The van der Waals surface area contributed by atoms with Crippen molar-refractivity contribution in [3.8, 4) is 0 Å². The third kappa shape index (κ3) is 3.51. The molecule has 1 aromatic heterocycles. The predicted octanol–water partition coefficient (Wildman–Crippen LogP) is 3.58. The van der Waals surface area contributed by atoms with Crippen molar-refractivity contribution in [1.82, 2.24) is 9.88 Å². The second-order valence-electron chi connectivity index (χ2n) is 5.51. The number of benzene rings is 1. The monoisotopic (exact) mass is 319 g/mol. The molecule has 1 aliphatic heterocycles. The number of anilines is 1. The third-order valence-corrected chi connectivity index (χ3v) is 4.62. The predicted molar refractivity (Wildman–Crippen MR) is 85.2 cm³/mol. The highest BCUT2D eigenvalue weighted by Crippen LogP contribution is 2.33. The van der Waals surface area contributed by atoms with E-state index < -0.39 is 0 Å². The summed E-state index contributed by atoms with van der Waals surface area (Å²) in [5.41, 5.74) is 2.11. The first-order valence-electron chi connectivity index (χ1n) is 7.33. The van der Waals surface area contributed by atoms with Crippen LogP contribution in [0.4, 0.5) is 9.52 Å². The Bertz CT molecular complexity index is 656. The summed E-state index contributed by atoms with van der Waals surface area (Å²) >= 11 is 1.44. The smallest absolute Gasteiger partial charge is 0.223 e. The van der Waals surface area contributed by atoms with Crippen molar-refractivity contribution >= 4 is 22.4 Å². The minimum absolute atomic E-state index is 0.105. The molecule has 0 spiro atoms. The summed E-state index contributed by atoms with van der Waals surface area (Å²) in [6.45, 7) is 3.24. The Morgan fingerprint density at radius 2 is 2.23 bits per heavy atom. The van der Waals surface area contributed by atoms with Crippen LogP contribution in [0.3, 0.4) is 0 Å². The van der Waals surface area contributed by atoms with Crippen LogP contribution in [-0.4, -0.2) is 22.3 Å². The van der Waals surface area contributed by atoms with E-state index in [4.69, 9.17) is 0 Å². The van der Waals surface area contributed by atoms with E-state index in [2.05, 4.69) is 15.2 Å². The van der Waals surface area contributed by atoms with Crippen molar-refractivity contribution in [2.75, 3.05) is 11.9 Å². The van der Waals surface area contributed by atoms with Crippen LogP contribution in [0.25, 0.3) is 0 Å². The summed E-state index contributed by atoms with van der Waals surface area (Å²) in [6.07, 6.45) is 2.21. The lowest BCUT2D eigenvalue weighted by molar-refractivity contribution is -0.114. The molecule has 1 aromatic carbocycles. The molecule has 1 unspecified atom stereocenters. The van der Waals surface area contributed by atoms with Gasteiger partial charge in [-0.3, -0.25) is 9.69 Å². The number of likely N-dealkylation sites (tertiary alicyclic amines) is 1. The number of thiazole rings is 1. The van der Waals surface area contributed by atoms with E-state index >= 15 is 0 Å². The summed E-state index contributed by atoms with van der Waals surface area (Å²) in [4.78, 5) is 17.8. The van der Waals surface area contributed by atoms with Crippen LogP contribution in [-0.2, 0) is 11.3 Å². The van der Waals surface area contributed by atoms with Gasteiger partial charge in [-0.25, -0.2) is 9.37 Å². The van der Waals surface area contributed by atoms with Crippen LogP contribution in [0.15, 0.2) is 29.6 Å². The van der Waals surface area contributed by atoms with Gasteiger partial charge in [0.25, 0.3) is 0 Å². The first kappa shape index (κ1) is 15.1. The summed E-state index contributed by atoms with van der Waals surface area (Å²) in [7, 11) is 0. The Morgan fingerprint density at radius 3 is 2.95 bits per heavy atom. The molecule has 3 rings (SSSR count). The van der Waals surface area contributed by atoms with Crippen LogP contribution in [0.5, 0.6) is 0 Å². The minimum Gasteiger partial charge on any atom is -0.302 e. The number of carbonyl (C=O) groups excluding carboxylic acids is 1. The van der Waals surface area contributed by atoms with Gasteiger partial charge in [0.15, 0.2) is 5.13 Å². The number of amides is 1. The fraction of sp³-hybridized carbons (Fsp3) is 0.375. The van der Waals surface area contributed by atoms with Gasteiger partial charge < -0.3 is 5.32 Å². The second kappa shape index (κ2) is 6.54. The first-order chi connectivity index (χ1) is 10.6. The first-order valence-corrected chi connectivity index (χ1v) is 8.21. The van der Waals surface area contributed by atoms with E-state index in [0.717, 1.165) is 37.2 Å². The van der Waals surface area contributed by atoms with E-state index in [1.165, 1.54) is 30.4 Å². The lowest BCUT2D eigenvalue weighted by atomic mass is 10.0. The van der Waals surface area contributed by atoms with Crippen molar-refractivity contribution < 1.29 is 9.18 Å². The molecule has 2 aromatic rings. The molecule has 2 heterocycles. The maximum absolute atomic E-state index is 13.1. The fourth-order valence-electron chi connectivity index (χ4n) is 2.87. The van der Waals surface area contributed by atoms with Gasteiger partial charge in [-0.2, -0.15) is 0 Å². The molecule has 116 valence electrons. The Kier molecular flexibility index (Phi) is 4.49. The van der Waals surface area contributed by atoms with Gasteiger partial charge in [-0.1, -0.05) is 12.1 Å². The van der Waals surface area contributed by atoms with E-state index in [9.17, 15) is 9.18 Å². The SMILES string of the molecule is CC(=O)Nc1nc(CN2CCCC2c2ccc(F)cc2)cs1. The van der Waals surface area contributed by atoms with Gasteiger partial charge in [0.2, 0.25) is 5.91 Å². The average molecular weight is 319 g/mol. The molecule has 0 aliphatic carbocycles. The molecular weight excluding hydrogens is 301 g/mol. The van der Waals surface area contributed by atoms with E-state index in [-0.39, 0.29) is 11.7 Å². The van der Waals surface area contributed by atoms with Crippen molar-refractivity contribution in [2.45, 2.75) is 32.4 Å². The molecule has 0 saturated carbocycles. The van der Waals surface area contributed by atoms with Crippen molar-refractivity contribution in [3.05, 3.63) is 46.7 Å². The Morgan fingerprint density at radius 1 is 1.45 bits per heavy atom. The number of hydrogen-bond donors (Lipinski definition) is 1. The molecule has 0 radical (unpaired) electrons. The lowest BCUT2D eigenvalue weighted by Crippen LogP contribution is -2.23. The zero-order chi connectivity index (χ0) is 15.5. The molecule has 0 bridgehead atoms. The number of carbonyl (C=O) groups is 1. The van der Waals surface area contributed by atoms with Crippen molar-refractivity contribution in [2.24, 2.45) is 0 Å². The van der Waals surface area contributed by atoms with Crippen LogP contribution in [0.2, 0.25) is 0 Å². The minimum atomic E-state index is -0.201. The molecule has 1 amide bonds. The topological polar surface area (TPSA) is 45.2 Å². The molecule has 1 atom stereocenters. The zero-order valence-corrected chi connectivity index (χ0v) is 13.2. The Labute approximate surface area is 133 Å². The standard InChI is InChI=1S/C16H18FN3OS/c1-11(21)18-16-19-14(10-22-16)9-20-8-2-3-15(20)12-4-6-13(17)7-5-12/h4-7,10,15H,2-3,8-9H2,1H3,(H,18,19,21).